The molecule has 1 fully saturated rings. The Labute approximate surface area is 128 Å². The summed E-state index contributed by atoms with van der Waals surface area (Å²) >= 11 is 0. The van der Waals surface area contributed by atoms with Crippen LogP contribution in [0.2, 0.25) is 0 Å². The Balaban J connectivity index is 1.96. The van der Waals surface area contributed by atoms with Crippen molar-refractivity contribution in [2.75, 3.05) is 7.11 Å². The number of nitrogens with one attached hydrogen (secondary N) is 1. The number of benzene rings is 1. The van der Waals surface area contributed by atoms with Gasteiger partial charge in [0.25, 0.3) is 0 Å². The molecule has 1 unspecified atom stereocenters. The van der Waals surface area contributed by atoms with Crippen LogP contribution in [0.4, 0.5) is 4.39 Å². The molecule has 2 atom stereocenters. The molecule has 0 saturated heterocycles. The zero-order chi connectivity index (χ0) is 15.2. The Morgan fingerprint density at radius 3 is 2.38 bits per heavy atom. The van der Waals surface area contributed by atoms with Crippen LogP contribution in [0.5, 0.6) is 5.75 Å². The summed E-state index contributed by atoms with van der Waals surface area (Å²) in [5, 5.41) is 3.65. The quantitative estimate of drug-likeness (QED) is 0.784. The molecule has 1 aromatic carbocycles. The van der Waals surface area contributed by atoms with Gasteiger partial charge in [-0.3, -0.25) is 0 Å². The molecule has 1 aliphatic carbocycles. The van der Waals surface area contributed by atoms with E-state index < -0.39 is 0 Å². The van der Waals surface area contributed by atoms with Crippen LogP contribution in [-0.4, -0.2) is 13.2 Å². The van der Waals surface area contributed by atoms with Crippen LogP contribution in [0, 0.1) is 11.7 Å². The van der Waals surface area contributed by atoms with Crippen molar-refractivity contribution in [1.82, 2.24) is 5.32 Å². The monoisotopic (exact) mass is 293 g/mol. The van der Waals surface area contributed by atoms with Gasteiger partial charge in [-0.2, -0.15) is 0 Å². The Kier molecular flexibility index (Phi) is 6.04. The Bertz CT molecular complexity index is 441. The van der Waals surface area contributed by atoms with Crippen molar-refractivity contribution < 1.29 is 9.13 Å². The van der Waals surface area contributed by atoms with Crippen molar-refractivity contribution in [3.05, 3.63) is 29.6 Å². The zero-order valence-corrected chi connectivity index (χ0v) is 13.5. The van der Waals surface area contributed by atoms with Gasteiger partial charge >= 0.3 is 0 Å². The molecule has 1 aliphatic rings. The van der Waals surface area contributed by atoms with Crippen molar-refractivity contribution in [3.8, 4) is 5.75 Å². The van der Waals surface area contributed by atoms with E-state index in [0.717, 1.165) is 11.5 Å². The molecule has 2 rings (SSSR count). The average molecular weight is 293 g/mol. The van der Waals surface area contributed by atoms with Crippen LogP contribution < -0.4 is 10.1 Å². The topological polar surface area (TPSA) is 21.3 Å². The minimum absolute atomic E-state index is 0.156. The summed E-state index contributed by atoms with van der Waals surface area (Å²) in [4.78, 5) is 0. The largest absolute Gasteiger partial charge is 0.494 e. The van der Waals surface area contributed by atoms with Crippen LogP contribution in [0.1, 0.15) is 64.0 Å². The number of rotatable bonds is 5. The van der Waals surface area contributed by atoms with Gasteiger partial charge in [0.2, 0.25) is 0 Å². The van der Waals surface area contributed by atoms with Gasteiger partial charge < -0.3 is 10.1 Å². The number of hydrogen-bond donors (Lipinski definition) is 1. The average Bonchev–Trinajstić information content (AvgIpc) is 2.76. The van der Waals surface area contributed by atoms with Gasteiger partial charge in [-0.05, 0) is 50.3 Å². The molecule has 0 radical (unpaired) electrons. The number of halogens is 1. The SMILES string of the molecule is COc1ccc(C(C)N[C@H](C)C2CCCCCC2)cc1F. The lowest BCUT2D eigenvalue weighted by atomic mass is 9.92. The van der Waals surface area contributed by atoms with E-state index in [1.165, 1.54) is 45.6 Å². The second-order valence-electron chi connectivity index (χ2n) is 6.32. The molecule has 21 heavy (non-hydrogen) atoms. The summed E-state index contributed by atoms with van der Waals surface area (Å²) in [6.07, 6.45) is 8.09. The zero-order valence-electron chi connectivity index (χ0n) is 13.5. The molecule has 2 nitrogen and oxygen atoms in total. The molecular weight excluding hydrogens is 265 g/mol. The maximum absolute atomic E-state index is 13.8. The number of ether oxygens (including phenoxy) is 1. The molecule has 0 bridgehead atoms. The van der Waals surface area contributed by atoms with Crippen molar-refractivity contribution >= 4 is 0 Å². The second-order valence-corrected chi connectivity index (χ2v) is 6.32. The summed E-state index contributed by atoms with van der Waals surface area (Å²) in [5.74, 6) is 0.770. The molecule has 0 heterocycles. The highest BCUT2D eigenvalue weighted by molar-refractivity contribution is 5.30. The van der Waals surface area contributed by atoms with Crippen LogP contribution in [0.25, 0.3) is 0 Å². The number of hydrogen-bond acceptors (Lipinski definition) is 2. The number of methoxy groups -OCH3 is 1. The minimum atomic E-state index is -0.286. The summed E-state index contributed by atoms with van der Waals surface area (Å²) < 4.78 is 18.8. The van der Waals surface area contributed by atoms with E-state index in [1.54, 1.807) is 12.1 Å². The van der Waals surface area contributed by atoms with Crippen LogP contribution >= 0.6 is 0 Å². The predicted molar refractivity (Wildman–Crippen MR) is 85.2 cm³/mol. The third-order valence-corrected chi connectivity index (χ3v) is 4.80. The van der Waals surface area contributed by atoms with E-state index in [-0.39, 0.29) is 11.9 Å². The van der Waals surface area contributed by atoms with Crippen LogP contribution in [0.3, 0.4) is 0 Å². The maximum Gasteiger partial charge on any atom is 0.165 e. The summed E-state index contributed by atoms with van der Waals surface area (Å²) in [5.41, 5.74) is 0.980. The molecule has 0 aromatic heterocycles. The van der Waals surface area contributed by atoms with E-state index >= 15 is 0 Å². The Hall–Kier alpha value is -1.09. The highest BCUT2D eigenvalue weighted by Crippen LogP contribution is 2.27. The first-order valence-corrected chi connectivity index (χ1v) is 8.21. The molecule has 1 saturated carbocycles. The van der Waals surface area contributed by atoms with Crippen molar-refractivity contribution in [3.63, 3.8) is 0 Å². The lowest BCUT2D eigenvalue weighted by molar-refractivity contribution is 0.316. The van der Waals surface area contributed by atoms with Gasteiger partial charge in [-0.1, -0.05) is 31.7 Å². The van der Waals surface area contributed by atoms with Gasteiger partial charge in [-0.25, -0.2) is 4.39 Å². The smallest absolute Gasteiger partial charge is 0.165 e. The van der Waals surface area contributed by atoms with Gasteiger partial charge in [0.1, 0.15) is 0 Å². The lowest BCUT2D eigenvalue weighted by Crippen LogP contribution is -2.35. The highest BCUT2D eigenvalue weighted by Gasteiger charge is 2.21. The first-order valence-electron chi connectivity index (χ1n) is 8.21. The van der Waals surface area contributed by atoms with E-state index in [9.17, 15) is 4.39 Å². The Morgan fingerprint density at radius 2 is 1.81 bits per heavy atom. The second kappa shape index (κ2) is 7.79. The fraction of sp³-hybridized carbons (Fsp3) is 0.667. The predicted octanol–water partition coefficient (Wildman–Crippen LogP) is 4.84. The molecule has 118 valence electrons. The van der Waals surface area contributed by atoms with E-state index in [0.29, 0.717) is 11.8 Å². The fourth-order valence-corrected chi connectivity index (χ4v) is 3.39. The third kappa shape index (κ3) is 4.44. The first-order chi connectivity index (χ1) is 10.1. The Morgan fingerprint density at radius 1 is 1.14 bits per heavy atom. The van der Waals surface area contributed by atoms with Crippen LogP contribution in [-0.2, 0) is 0 Å². The van der Waals surface area contributed by atoms with E-state index in [1.807, 2.05) is 6.07 Å². The molecule has 3 heteroatoms. The standard InChI is InChI=1S/C18H28FNO/c1-13(15-8-6-4-5-7-9-15)20-14(2)16-10-11-18(21-3)17(19)12-16/h10-15,20H,4-9H2,1-3H3/t13-,14?/m1/s1. The van der Waals surface area contributed by atoms with Gasteiger partial charge in [0.15, 0.2) is 11.6 Å². The molecule has 0 amide bonds. The van der Waals surface area contributed by atoms with Crippen molar-refractivity contribution in [2.45, 2.75) is 64.5 Å². The summed E-state index contributed by atoms with van der Waals surface area (Å²) in [6, 6.07) is 5.86. The summed E-state index contributed by atoms with van der Waals surface area (Å²) in [6.45, 7) is 4.38. The highest BCUT2D eigenvalue weighted by atomic mass is 19.1. The fourth-order valence-electron chi connectivity index (χ4n) is 3.39. The first kappa shape index (κ1) is 16.3. The molecule has 0 spiro atoms. The normalized spacial score (nSPS) is 19.8. The molecule has 1 N–H and O–H groups in total. The minimum Gasteiger partial charge on any atom is -0.494 e. The van der Waals surface area contributed by atoms with Crippen molar-refractivity contribution in [2.24, 2.45) is 5.92 Å². The van der Waals surface area contributed by atoms with Crippen molar-refractivity contribution in [1.29, 1.82) is 0 Å². The van der Waals surface area contributed by atoms with E-state index in [2.05, 4.69) is 19.2 Å². The third-order valence-electron chi connectivity index (χ3n) is 4.80. The molecule has 0 aliphatic heterocycles. The molecular formula is C18H28FNO. The van der Waals surface area contributed by atoms with Gasteiger partial charge in [-0.15, -0.1) is 0 Å². The summed E-state index contributed by atoms with van der Waals surface area (Å²) in [7, 11) is 1.49. The maximum atomic E-state index is 13.8. The van der Waals surface area contributed by atoms with E-state index in [4.69, 9.17) is 4.74 Å². The molecule has 1 aromatic rings. The van der Waals surface area contributed by atoms with Gasteiger partial charge in [0, 0.05) is 12.1 Å². The van der Waals surface area contributed by atoms with Gasteiger partial charge in [0.05, 0.1) is 7.11 Å². The van der Waals surface area contributed by atoms with Crippen LogP contribution in [0.15, 0.2) is 18.2 Å². The lowest BCUT2D eigenvalue weighted by Gasteiger charge is -2.27.